The van der Waals surface area contributed by atoms with Crippen molar-refractivity contribution in [2.45, 2.75) is 6.54 Å². The highest BCUT2D eigenvalue weighted by molar-refractivity contribution is 7.22. The Balaban J connectivity index is 1.84. The Labute approximate surface area is 142 Å². The maximum Gasteiger partial charge on any atom is 0.258 e. The van der Waals surface area contributed by atoms with E-state index in [0.29, 0.717) is 11.9 Å². The van der Waals surface area contributed by atoms with Gasteiger partial charge in [0.15, 0.2) is 0 Å². The van der Waals surface area contributed by atoms with Gasteiger partial charge in [-0.3, -0.25) is 9.59 Å². The molecule has 0 aliphatic heterocycles. The molecule has 3 aromatic rings. The summed E-state index contributed by atoms with van der Waals surface area (Å²) in [5.74, 6) is 0.280. The molecule has 122 valence electrons. The van der Waals surface area contributed by atoms with Crippen LogP contribution >= 0.6 is 11.3 Å². The van der Waals surface area contributed by atoms with Crippen LogP contribution in [0.25, 0.3) is 10.1 Å². The number of ether oxygens (including phenoxy) is 1. The summed E-state index contributed by atoms with van der Waals surface area (Å²) in [5, 5.41) is 3.48. The number of hydrogen-bond acceptors (Lipinski definition) is 5. The van der Waals surface area contributed by atoms with E-state index in [-0.39, 0.29) is 16.0 Å². The SMILES string of the molecule is COc1ccc(CNC(=O)c2c(N)sc3ccccc3c2=O)cc1. The predicted octanol–water partition coefficient (Wildman–Crippen LogP) is 2.78. The van der Waals surface area contributed by atoms with Crippen LogP contribution in [0.2, 0.25) is 0 Å². The second-order valence-corrected chi connectivity index (χ2v) is 6.28. The average Bonchev–Trinajstić information content (AvgIpc) is 2.60. The van der Waals surface area contributed by atoms with Gasteiger partial charge < -0.3 is 15.8 Å². The molecule has 1 amide bonds. The zero-order chi connectivity index (χ0) is 17.1. The Morgan fingerprint density at radius 1 is 1.17 bits per heavy atom. The molecule has 2 aromatic carbocycles. The summed E-state index contributed by atoms with van der Waals surface area (Å²) in [6, 6.07) is 14.4. The molecule has 24 heavy (non-hydrogen) atoms. The van der Waals surface area contributed by atoms with Gasteiger partial charge in [-0.25, -0.2) is 0 Å². The first kappa shape index (κ1) is 16.0. The third-order valence-corrected chi connectivity index (χ3v) is 4.66. The van der Waals surface area contributed by atoms with Gasteiger partial charge in [-0.2, -0.15) is 0 Å². The number of nitrogens with two attached hydrogens (primary N) is 1. The third kappa shape index (κ3) is 3.09. The summed E-state index contributed by atoms with van der Waals surface area (Å²) in [7, 11) is 1.59. The fourth-order valence-electron chi connectivity index (χ4n) is 2.39. The van der Waals surface area contributed by atoms with E-state index in [2.05, 4.69) is 5.32 Å². The molecule has 0 fully saturated rings. The molecule has 0 aliphatic rings. The number of nitrogen functional groups attached to an aromatic ring is 1. The molecular weight excluding hydrogens is 324 g/mol. The summed E-state index contributed by atoms with van der Waals surface area (Å²) in [6.45, 7) is 0.305. The van der Waals surface area contributed by atoms with Crippen molar-refractivity contribution in [1.29, 1.82) is 0 Å². The van der Waals surface area contributed by atoms with Crippen LogP contribution in [-0.4, -0.2) is 13.0 Å². The van der Waals surface area contributed by atoms with Gasteiger partial charge >= 0.3 is 0 Å². The highest BCUT2D eigenvalue weighted by Gasteiger charge is 2.17. The van der Waals surface area contributed by atoms with Gasteiger partial charge in [-0.05, 0) is 29.8 Å². The molecule has 0 spiro atoms. The number of amides is 1. The Morgan fingerprint density at radius 2 is 1.88 bits per heavy atom. The first-order valence-corrected chi connectivity index (χ1v) is 8.14. The molecule has 0 bridgehead atoms. The third-order valence-electron chi connectivity index (χ3n) is 3.66. The van der Waals surface area contributed by atoms with Crippen LogP contribution in [0.4, 0.5) is 5.00 Å². The summed E-state index contributed by atoms with van der Waals surface area (Å²) >= 11 is 1.24. The first-order valence-electron chi connectivity index (χ1n) is 7.32. The van der Waals surface area contributed by atoms with Crippen LogP contribution in [-0.2, 0) is 6.54 Å². The van der Waals surface area contributed by atoms with Crippen molar-refractivity contribution in [1.82, 2.24) is 5.32 Å². The standard InChI is InChI=1S/C18H16N2O3S/c1-23-12-8-6-11(7-9-12)10-20-18(22)15-16(21)13-4-2-3-5-14(13)24-17(15)19/h2-9H,10,19H2,1H3,(H,20,22). The van der Waals surface area contributed by atoms with Crippen LogP contribution in [0.1, 0.15) is 15.9 Å². The van der Waals surface area contributed by atoms with Crippen molar-refractivity contribution >= 4 is 32.3 Å². The van der Waals surface area contributed by atoms with E-state index in [1.165, 1.54) is 11.3 Å². The van der Waals surface area contributed by atoms with E-state index in [4.69, 9.17) is 10.5 Å². The maximum absolute atomic E-state index is 12.5. The quantitative estimate of drug-likeness (QED) is 0.765. The fraction of sp³-hybridized carbons (Fsp3) is 0.111. The minimum atomic E-state index is -0.463. The Morgan fingerprint density at radius 3 is 2.58 bits per heavy atom. The summed E-state index contributed by atoms with van der Waals surface area (Å²) in [5.41, 5.74) is 6.51. The van der Waals surface area contributed by atoms with Gasteiger partial charge in [0.05, 0.1) is 7.11 Å². The fourth-order valence-corrected chi connectivity index (χ4v) is 3.33. The van der Waals surface area contributed by atoms with E-state index in [9.17, 15) is 9.59 Å². The predicted molar refractivity (Wildman–Crippen MR) is 96.7 cm³/mol. The Hall–Kier alpha value is -2.86. The Bertz CT molecular complexity index is 949. The zero-order valence-corrected chi connectivity index (χ0v) is 13.9. The number of methoxy groups -OCH3 is 1. The smallest absolute Gasteiger partial charge is 0.258 e. The van der Waals surface area contributed by atoms with Crippen LogP contribution in [0, 0.1) is 0 Å². The molecule has 6 heteroatoms. The molecule has 0 unspecified atom stereocenters. The van der Waals surface area contributed by atoms with Gasteiger partial charge in [0.1, 0.15) is 16.3 Å². The molecule has 3 N–H and O–H groups in total. The van der Waals surface area contributed by atoms with Crippen molar-refractivity contribution in [2.24, 2.45) is 0 Å². The van der Waals surface area contributed by atoms with Crippen molar-refractivity contribution in [3.8, 4) is 5.75 Å². The average molecular weight is 340 g/mol. The van der Waals surface area contributed by atoms with Crippen LogP contribution < -0.4 is 21.2 Å². The highest BCUT2D eigenvalue weighted by Crippen LogP contribution is 2.23. The molecule has 0 atom stereocenters. The lowest BCUT2D eigenvalue weighted by atomic mass is 10.1. The van der Waals surface area contributed by atoms with Gasteiger partial charge in [0.25, 0.3) is 5.91 Å². The monoisotopic (exact) mass is 340 g/mol. The van der Waals surface area contributed by atoms with E-state index >= 15 is 0 Å². The highest BCUT2D eigenvalue weighted by atomic mass is 32.1. The first-order chi connectivity index (χ1) is 11.6. The molecule has 5 nitrogen and oxygen atoms in total. The number of hydrogen-bond donors (Lipinski definition) is 2. The van der Waals surface area contributed by atoms with Gasteiger partial charge in [-0.15, -0.1) is 11.3 Å². The minimum Gasteiger partial charge on any atom is -0.497 e. The molecule has 0 saturated carbocycles. The van der Waals surface area contributed by atoms with E-state index in [1.54, 1.807) is 19.2 Å². The number of carbonyl (C=O) groups excluding carboxylic acids is 1. The molecular formula is C18H16N2O3S. The summed E-state index contributed by atoms with van der Waals surface area (Å²) in [6.07, 6.45) is 0. The largest absolute Gasteiger partial charge is 0.497 e. The van der Waals surface area contributed by atoms with E-state index < -0.39 is 5.91 Å². The molecule has 0 aliphatic carbocycles. The molecule has 3 rings (SSSR count). The maximum atomic E-state index is 12.5. The molecule has 0 saturated heterocycles. The minimum absolute atomic E-state index is 0.00668. The second kappa shape index (κ2) is 6.72. The number of carbonyl (C=O) groups is 1. The van der Waals surface area contributed by atoms with E-state index in [0.717, 1.165) is 16.0 Å². The topological polar surface area (TPSA) is 81.4 Å². The van der Waals surface area contributed by atoms with E-state index in [1.807, 2.05) is 36.4 Å². The number of nitrogens with one attached hydrogen (secondary N) is 1. The molecule has 1 aromatic heterocycles. The molecule has 1 heterocycles. The normalized spacial score (nSPS) is 10.5. The van der Waals surface area contributed by atoms with Gasteiger partial charge in [-0.1, -0.05) is 24.3 Å². The van der Waals surface area contributed by atoms with Gasteiger partial charge in [0, 0.05) is 16.6 Å². The Kier molecular flexibility index (Phi) is 4.48. The number of rotatable bonds is 4. The zero-order valence-electron chi connectivity index (χ0n) is 13.0. The van der Waals surface area contributed by atoms with Crippen LogP contribution in [0.3, 0.4) is 0 Å². The lowest BCUT2D eigenvalue weighted by molar-refractivity contribution is 0.0951. The number of fused-ring (bicyclic) bond motifs is 1. The molecule has 0 radical (unpaired) electrons. The van der Waals surface area contributed by atoms with Crippen molar-refractivity contribution in [3.63, 3.8) is 0 Å². The lowest BCUT2D eigenvalue weighted by Crippen LogP contribution is -2.29. The summed E-state index contributed by atoms with van der Waals surface area (Å²) < 4.78 is 5.86. The van der Waals surface area contributed by atoms with Crippen LogP contribution in [0.5, 0.6) is 5.75 Å². The lowest BCUT2D eigenvalue weighted by Gasteiger charge is -2.08. The second-order valence-electron chi connectivity index (χ2n) is 5.20. The van der Waals surface area contributed by atoms with Crippen molar-refractivity contribution in [3.05, 3.63) is 69.9 Å². The number of benzene rings is 2. The van der Waals surface area contributed by atoms with Crippen molar-refractivity contribution < 1.29 is 9.53 Å². The van der Waals surface area contributed by atoms with Gasteiger partial charge in [0.2, 0.25) is 5.43 Å². The summed E-state index contributed by atoms with van der Waals surface area (Å²) in [4.78, 5) is 25.0. The number of anilines is 1. The van der Waals surface area contributed by atoms with Crippen molar-refractivity contribution in [2.75, 3.05) is 12.8 Å². The van der Waals surface area contributed by atoms with Crippen LogP contribution in [0.15, 0.2) is 53.3 Å².